The van der Waals surface area contributed by atoms with Gasteiger partial charge in [0.2, 0.25) is 5.91 Å². The van der Waals surface area contributed by atoms with E-state index >= 15 is 0 Å². The van der Waals surface area contributed by atoms with Gasteiger partial charge in [0, 0.05) is 18.2 Å². The van der Waals surface area contributed by atoms with Crippen LogP contribution in [0.15, 0.2) is 18.2 Å². The molecule has 2 N–H and O–H groups in total. The van der Waals surface area contributed by atoms with Crippen molar-refractivity contribution < 1.29 is 28.7 Å². The molecule has 2 aliphatic rings. The van der Waals surface area contributed by atoms with Crippen molar-refractivity contribution in [2.75, 3.05) is 32.7 Å². The monoisotopic (exact) mass is 349 g/mol. The van der Waals surface area contributed by atoms with Crippen LogP contribution < -0.4 is 19.7 Å². The summed E-state index contributed by atoms with van der Waals surface area (Å²) in [5.74, 6) is 0.666. The first-order chi connectivity index (χ1) is 12.1. The molecule has 2 fully saturated rings. The number of nitrogens with one attached hydrogen (secondary N) is 2. The molecular weight excluding hydrogens is 324 g/mol. The molecule has 2 saturated heterocycles. The molecule has 2 aliphatic heterocycles. The highest BCUT2D eigenvalue weighted by Gasteiger charge is 2.43. The average molecular weight is 349 g/mol. The van der Waals surface area contributed by atoms with Gasteiger partial charge in [-0.05, 0) is 25.0 Å². The fourth-order valence-corrected chi connectivity index (χ4v) is 3.72. The number of rotatable bonds is 5. The predicted molar refractivity (Wildman–Crippen MR) is 91.0 cm³/mol. The Kier molecular flexibility index (Phi) is 5.43. The highest BCUT2D eigenvalue weighted by atomic mass is 16.5. The van der Waals surface area contributed by atoms with Crippen molar-refractivity contribution in [2.24, 2.45) is 0 Å². The van der Waals surface area contributed by atoms with Gasteiger partial charge in [-0.2, -0.15) is 0 Å². The van der Waals surface area contributed by atoms with Gasteiger partial charge in [0.15, 0.2) is 17.5 Å². The van der Waals surface area contributed by atoms with Crippen LogP contribution in [-0.2, 0) is 14.3 Å². The molecule has 3 rings (SSSR count). The first-order valence-corrected chi connectivity index (χ1v) is 8.66. The molecule has 25 heavy (non-hydrogen) atoms. The number of ether oxygens (including phenoxy) is 3. The number of methoxy groups -OCH3 is 2. The lowest BCUT2D eigenvalue weighted by atomic mass is 9.97. The third kappa shape index (κ3) is 3.87. The Morgan fingerprint density at radius 1 is 1.28 bits per heavy atom. The van der Waals surface area contributed by atoms with Gasteiger partial charge >= 0.3 is 5.97 Å². The number of quaternary nitrogens is 1. The van der Waals surface area contributed by atoms with Crippen molar-refractivity contribution in [1.82, 2.24) is 0 Å². The number of hydrogen-bond acceptors (Lipinski definition) is 5. The first-order valence-electron chi connectivity index (χ1n) is 8.66. The lowest BCUT2D eigenvalue weighted by Gasteiger charge is -2.40. The number of piperidine rings is 1. The van der Waals surface area contributed by atoms with E-state index in [1.807, 2.05) is 0 Å². The third-order valence-corrected chi connectivity index (χ3v) is 5.01. The van der Waals surface area contributed by atoms with Crippen molar-refractivity contribution in [3.63, 3.8) is 0 Å². The highest BCUT2D eigenvalue weighted by Crippen LogP contribution is 2.29. The maximum atomic E-state index is 12.5. The SMILES string of the molecule is COc1ccc(NC(=O)C[C@@H]2C(=O)OC[C@H]3CCCC[NH+]32)cc1OC. The second-order valence-corrected chi connectivity index (χ2v) is 6.52. The van der Waals surface area contributed by atoms with E-state index in [4.69, 9.17) is 14.2 Å². The van der Waals surface area contributed by atoms with E-state index in [0.717, 1.165) is 25.8 Å². The maximum absolute atomic E-state index is 12.5. The summed E-state index contributed by atoms with van der Waals surface area (Å²) in [6.45, 7) is 1.40. The minimum Gasteiger partial charge on any atom is -0.493 e. The molecule has 0 saturated carbocycles. The fourth-order valence-electron chi connectivity index (χ4n) is 3.72. The summed E-state index contributed by atoms with van der Waals surface area (Å²) < 4.78 is 15.7. The molecule has 0 aromatic heterocycles. The van der Waals surface area contributed by atoms with E-state index in [0.29, 0.717) is 29.8 Å². The Bertz CT molecular complexity index is 648. The van der Waals surface area contributed by atoms with Crippen molar-refractivity contribution in [2.45, 2.75) is 37.8 Å². The van der Waals surface area contributed by atoms with E-state index in [1.54, 1.807) is 32.4 Å². The second-order valence-electron chi connectivity index (χ2n) is 6.52. The minimum atomic E-state index is -0.417. The molecule has 1 amide bonds. The fraction of sp³-hybridized carbons (Fsp3) is 0.556. The van der Waals surface area contributed by atoms with Crippen LogP contribution in [0.3, 0.4) is 0 Å². The molecule has 2 heterocycles. The molecule has 0 bridgehead atoms. The molecule has 7 nitrogen and oxygen atoms in total. The van der Waals surface area contributed by atoms with Gasteiger partial charge in [0.05, 0.1) is 27.2 Å². The number of benzene rings is 1. The van der Waals surface area contributed by atoms with Crippen LogP contribution in [0.1, 0.15) is 25.7 Å². The molecule has 136 valence electrons. The van der Waals surface area contributed by atoms with Gasteiger partial charge in [-0.15, -0.1) is 0 Å². The van der Waals surface area contributed by atoms with E-state index in [1.165, 1.54) is 4.90 Å². The van der Waals surface area contributed by atoms with Gasteiger partial charge in [-0.25, -0.2) is 4.79 Å². The Labute approximate surface area is 147 Å². The average Bonchev–Trinajstić information content (AvgIpc) is 2.64. The van der Waals surface area contributed by atoms with E-state index < -0.39 is 6.04 Å². The molecule has 0 spiro atoms. The second kappa shape index (κ2) is 7.74. The number of amides is 1. The van der Waals surface area contributed by atoms with Gasteiger partial charge in [0.25, 0.3) is 0 Å². The molecular formula is C18H25N2O5+. The summed E-state index contributed by atoms with van der Waals surface area (Å²) >= 11 is 0. The Hall–Kier alpha value is -2.28. The number of anilines is 1. The summed E-state index contributed by atoms with van der Waals surface area (Å²) in [6, 6.07) is 5.08. The zero-order chi connectivity index (χ0) is 17.8. The molecule has 7 heteroatoms. The van der Waals surface area contributed by atoms with Crippen LogP contribution in [0.4, 0.5) is 5.69 Å². The standard InChI is InChI=1S/C18H24N2O5/c1-23-15-7-6-12(9-16(15)24-2)19-17(21)10-14-18(22)25-11-13-5-3-4-8-20(13)14/h6-7,9,13-14H,3-5,8,10-11H2,1-2H3,(H,19,21)/p+1/t13-,14-/m1/s1. The van der Waals surface area contributed by atoms with Crippen molar-refractivity contribution >= 4 is 17.6 Å². The summed E-state index contributed by atoms with van der Waals surface area (Å²) in [6.07, 6.45) is 3.43. The van der Waals surface area contributed by atoms with Gasteiger partial charge in [-0.3, -0.25) is 4.79 Å². The van der Waals surface area contributed by atoms with Gasteiger partial charge in [-0.1, -0.05) is 0 Å². The zero-order valence-electron chi connectivity index (χ0n) is 14.7. The number of carbonyl (C=O) groups is 2. The van der Waals surface area contributed by atoms with Crippen LogP contribution in [0.25, 0.3) is 0 Å². The molecule has 1 unspecified atom stereocenters. The normalized spacial score (nSPS) is 25.5. The van der Waals surface area contributed by atoms with E-state index in [-0.39, 0.29) is 18.3 Å². The van der Waals surface area contributed by atoms with E-state index in [9.17, 15) is 9.59 Å². The molecule has 0 radical (unpaired) electrons. The highest BCUT2D eigenvalue weighted by molar-refractivity contribution is 5.94. The van der Waals surface area contributed by atoms with Crippen LogP contribution in [0.2, 0.25) is 0 Å². The quantitative estimate of drug-likeness (QED) is 0.752. The number of carbonyl (C=O) groups excluding carboxylic acids is 2. The number of hydrogen-bond donors (Lipinski definition) is 2. The summed E-state index contributed by atoms with van der Waals surface area (Å²) in [5.41, 5.74) is 0.608. The number of esters is 1. The molecule has 1 aromatic rings. The zero-order valence-corrected chi connectivity index (χ0v) is 14.7. The Morgan fingerprint density at radius 3 is 2.84 bits per heavy atom. The maximum Gasteiger partial charge on any atom is 0.365 e. The summed E-state index contributed by atoms with van der Waals surface area (Å²) in [4.78, 5) is 25.8. The third-order valence-electron chi connectivity index (χ3n) is 5.01. The largest absolute Gasteiger partial charge is 0.493 e. The molecule has 0 aliphatic carbocycles. The Balaban J connectivity index is 1.66. The summed E-state index contributed by atoms with van der Waals surface area (Å²) in [5, 5.41) is 2.84. The van der Waals surface area contributed by atoms with Crippen molar-refractivity contribution in [1.29, 1.82) is 0 Å². The number of cyclic esters (lactones) is 1. The predicted octanol–water partition coefficient (Wildman–Crippen LogP) is 0.395. The van der Waals surface area contributed by atoms with Gasteiger partial charge < -0.3 is 24.4 Å². The number of morpholine rings is 1. The van der Waals surface area contributed by atoms with Crippen LogP contribution in [0, 0.1) is 0 Å². The van der Waals surface area contributed by atoms with Crippen molar-refractivity contribution in [3.8, 4) is 11.5 Å². The van der Waals surface area contributed by atoms with Gasteiger partial charge in [0.1, 0.15) is 12.6 Å². The van der Waals surface area contributed by atoms with Crippen LogP contribution in [0.5, 0.6) is 11.5 Å². The lowest BCUT2D eigenvalue weighted by molar-refractivity contribution is -0.951. The lowest BCUT2D eigenvalue weighted by Crippen LogP contribution is -3.22. The molecule has 1 aromatic carbocycles. The summed E-state index contributed by atoms with van der Waals surface area (Å²) in [7, 11) is 3.10. The van der Waals surface area contributed by atoms with Crippen molar-refractivity contribution in [3.05, 3.63) is 18.2 Å². The first kappa shape index (κ1) is 17.5. The molecule has 3 atom stereocenters. The minimum absolute atomic E-state index is 0.124. The topological polar surface area (TPSA) is 78.3 Å². The number of fused-ring (bicyclic) bond motifs is 1. The van der Waals surface area contributed by atoms with Crippen LogP contribution in [-0.4, -0.2) is 51.3 Å². The van der Waals surface area contributed by atoms with Crippen LogP contribution >= 0.6 is 0 Å². The van der Waals surface area contributed by atoms with E-state index in [2.05, 4.69) is 5.32 Å². The smallest absolute Gasteiger partial charge is 0.365 e. The Morgan fingerprint density at radius 2 is 2.08 bits per heavy atom.